The van der Waals surface area contributed by atoms with Crippen molar-refractivity contribution in [1.29, 1.82) is 0 Å². The van der Waals surface area contributed by atoms with Gasteiger partial charge >= 0.3 is 0 Å². The van der Waals surface area contributed by atoms with Gasteiger partial charge in [0.1, 0.15) is 0 Å². The van der Waals surface area contributed by atoms with Crippen LogP contribution in [0.2, 0.25) is 0 Å². The molecule has 0 spiro atoms. The Morgan fingerprint density at radius 1 is 1.33 bits per heavy atom. The molecule has 86 valence electrons. The highest BCUT2D eigenvalue weighted by Crippen LogP contribution is 2.18. The second kappa shape index (κ2) is 5.88. The van der Waals surface area contributed by atoms with E-state index in [1.807, 2.05) is 11.3 Å². The summed E-state index contributed by atoms with van der Waals surface area (Å²) >= 11 is 7.65. The summed E-state index contributed by atoms with van der Waals surface area (Å²) in [5.41, 5.74) is 0.137. The lowest BCUT2D eigenvalue weighted by atomic mass is 10.0. The summed E-state index contributed by atoms with van der Waals surface area (Å²) < 4.78 is 0. The highest BCUT2D eigenvalue weighted by molar-refractivity contribution is 7.11. The molecule has 0 atom stereocenters. The van der Waals surface area contributed by atoms with Gasteiger partial charge in [-0.2, -0.15) is 0 Å². The minimum absolute atomic E-state index is 0.137. The quantitative estimate of drug-likeness (QED) is 0.752. The summed E-state index contributed by atoms with van der Waals surface area (Å²) in [6.07, 6.45) is 2.14. The maximum absolute atomic E-state index is 5.76. The molecule has 0 unspecified atom stereocenters. The Morgan fingerprint density at radius 2 is 2.00 bits per heavy atom. The number of thiophene rings is 1. The van der Waals surface area contributed by atoms with Gasteiger partial charge < -0.3 is 5.32 Å². The molecule has 0 aromatic carbocycles. The van der Waals surface area contributed by atoms with E-state index >= 15 is 0 Å². The number of aryl methyl sites for hydroxylation is 1. The maximum Gasteiger partial charge on any atom is 0.0304 e. The fraction of sp³-hybridized carbons (Fsp3) is 0.667. The molecule has 15 heavy (non-hydrogen) atoms. The van der Waals surface area contributed by atoms with E-state index in [0.717, 1.165) is 19.4 Å². The third kappa shape index (κ3) is 4.54. The van der Waals surface area contributed by atoms with Gasteiger partial charge in [0.25, 0.3) is 0 Å². The summed E-state index contributed by atoms with van der Waals surface area (Å²) in [4.78, 5) is 2.87. The van der Waals surface area contributed by atoms with E-state index < -0.39 is 0 Å². The summed E-state index contributed by atoms with van der Waals surface area (Å²) in [5.74, 6) is 0.713. The van der Waals surface area contributed by atoms with Gasteiger partial charge in [-0.25, -0.2) is 0 Å². The SMILES string of the molecule is CCc1ccc(CNC(C)(C)CCCl)s1. The fourth-order valence-electron chi connectivity index (χ4n) is 1.36. The van der Waals surface area contributed by atoms with Crippen molar-refractivity contribution >= 4 is 22.9 Å². The van der Waals surface area contributed by atoms with Crippen molar-refractivity contribution in [3.8, 4) is 0 Å². The first kappa shape index (κ1) is 13.0. The molecule has 0 aliphatic rings. The molecule has 0 aliphatic carbocycles. The predicted octanol–water partition coefficient (Wildman–Crippen LogP) is 3.81. The van der Waals surface area contributed by atoms with E-state index in [4.69, 9.17) is 11.6 Å². The monoisotopic (exact) mass is 245 g/mol. The van der Waals surface area contributed by atoms with Crippen molar-refractivity contribution in [2.45, 2.75) is 45.7 Å². The average molecular weight is 246 g/mol. The summed E-state index contributed by atoms with van der Waals surface area (Å²) in [5, 5.41) is 3.54. The van der Waals surface area contributed by atoms with Crippen molar-refractivity contribution < 1.29 is 0 Å². The lowest BCUT2D eigenvalue weighted by Crippen LogP contribution is -2.38. The van der Waals surface area contributed by atoms with Crippen LogP contribution in [0.15, 0.2) is 12.1 Å². The molecule has 0 radical (unpaired) electrons. The van der Waals surface area contributed by atoms with Crippen LogP contribution in [0.3, 0.4) is 0 Å². The van der Waals surface area contributed by atoms with Crippen LogP contribution in [0, 0.1) is 0 Å². The van der Waals surface area contributed by atoms with E-state index in [1.54, 1.807) is 0 Å². The zero-order valence-electron chi connectivity index (χ0n) is 9.77. The molecule has 0 bridgehead atoms. The molecule has 0 saturated carbocycles. The van der Waals surface area contributed by atoms with Gasteiger partial charge in [-0.15, -0.1) is 22.9 Å². The second-order valence-corrected chi connectivity index (χ2v) is 6.03. The lowest BCUT2D eigenvalue weighted by molar-refractivity contribution is 0.378. The fourth-order valence-corrected chi connectivity index (χ4v) is 2.73. The molecule has 1 aromatic rings. The Morgan fingerprint density at radius 3 is 2.53 bits per heavy atom. The van der Waals surface area contributed by atoms with Crippen molar-refractivity contribution in [3.05, 3.63) is 21.9 Å². The third-order valence-electron chi connectivity index (χ3n) is 2.53. The lowest BCUT2D eigenvalue weighted by Gasteiger charge is -2.25. The topological polar surface area (TPSA) is 12.0 Å². The summed E-state index contributed by atoms with van der Waals surface area (Å²) in [6, 6.07) is 4.43. The Hall–Kier alpha value is -0.0500. The Kier molecular flexibility index (Phi) is 5.10. The van der Waals surface area contributed by atoms with Gasteiger partial charge in [-0.3, -0.25) is 0 Å². The zero-order chi connectivity index (χ0) is 11.3. The molecular weight excluding hydrogens is 226 g/mol. The van der Waals surface area contributed by atoms with Crippen molar-refractivity contribution in [2.75, 3.05) is 5.88 Å². The third-order valence-corrected chi connectivity index (χ3v) is 3.94. The first-order chi connectivity index (χ1) is 7.07. The molecule has 1 N–H and O–H groups in total. The number of halogens is 1. The summed E-state index contributed by atoms with van der Waals surface area (Å²) in [7, 11) is 0. The van der Waals surface area contributed by atoms with Crippen LogP contribution in [0.1, 0.15) is 36.9 Å². The highest BCUT2D eigenvalue weighted by atomic mass is 35.5. The zero-order valence-corrected chi connectivity index (χ0v) is 11.3. The number of rotatable bonds is 6. The number of alkyl halides is 1. The standard InChI is InChI=1S/C12H20ClNS/c1-4-10-5-6-11(15-10)9-14-12(2,3)7-8-13/h5-6,14H,4,7-9H2,1-3H3. The van der Waals surface area contributed by atoms with Gasteiger partial charge in [0, 0.05) is 27.7 Å². The van der Waals surface area contributed by atoms with Crippen LogP contribution in [-0.4, -0.2) is 11.4 Å². The molecule has 1 heterocycles. The van der Waals surface area contributed by atoms with Gasteiger partial charge in [-0.1, -0.05) is 6.92 Å². The number of nitrogens with one attached hydrogen (secondary N) is 1. The normalized spacial score (nSPS) is 12.0. The Labute approximate surface area is 102 Å². The first-order valence-electron chi connectivity index (χ1n) is 5.46. The smallest absolute Gasteiger partial charge is 0.0304 e. The predicted molar refractivity (Wildman–Crippen MR) is 70.0 cm³/mol. The average Bonchev–Trinajstić information content (AvgIpc) is 2.62. The van der Waals surface area contributed by atoms with Crippen LogP contribution in [0.25, 0.3) is 0 Å². The van der Waals surface area contributed by atoms with Gasteiger partial charge in [0.15, 0.2) is 0 Å². The minimum Gasteiger partial charge on any atom is -0.307 e. The summed E-state index contributed by atoms with van der Waals surface area (Å²) in [6.45, 7) is 7.54. The van der Waals surface area contributed by atoms with Crippen LogP contribution in [0.4, 0.5) is 0 Å². The Balaban J connectivity index is 2.42. The second-order valence-electron chi connectivity index (χ2n) is 4.40. The van der Waals surface area contributed by atoms with Crippen molar-refractivity contribution in [3.63, 3.8) is 0 Å². The number of hydrogen-bond donors (Lipinski definition) is 1. The Bertz CT molecular complexity index is 294. The van der Waals surface area contributed by atoms with Gasteiger partial charge in [0.05, 0.1) is 0 Å². The van der Waals surface area contributed by atoms with Crippen molar-refractivity contribution in [1.82, 2.24) is 5.32 Å². The molecule has 0 aliphatic heterocycles. The highest BCUT2D eigenvalue weighted by Gasteiger charge is 2.15. The largest absolute Gasteiger partial charge is 0.307 e. The van der Waals surface area contributed by atoms with E-state index in [9.17, 15) is 0 Å². The molecular formula is C12H20ClNS. The van der Waals surface area contributed by atoms with E-state index in [0.29, 0.717) is 5.88 Å². The molecule has 1 rings (SSSR count). The van der Waals surface area contributed by atoms with Gasteiger partial charge in [0.2, 0.25) is 0 Å². The van der Waals surface area contributed by atoms with Crippen molar-refractivity contribution in [2.24, 2.45) is 0 Å². The molecule has 1 nitrogen and oxygen atoms in total. The molecule has 3 heteroatoms. The van der Waals surface area contributed by atoms with E-state index in [-0.39, 0.29) is 5.54 Å². The molecule has 0 amide bonds. The van der Waals surface area contributed by atoms with E-state index in [1.165, 1.54) is 9.75 Å². The van der Waals surface area contributed by atoms with Crippen LogP contribution in [-0.2, 0) is 13.0 Å². The molecule has 0 saturated heterocycles. The minimum atomic E-state index is 0.137. The first-order valence-corrected chi connectivity index (χ1v) is 6.81. The number of hydrogen-bond acceptors (Lipinski definition) is 2. The van der Waals surface area contributed by atoms with Crippen LogP contribution in [0.5, 0.6) is 0 Å². The molecule has 0 fully saturated rings. The maximum atomic E-state index is 5.76. The van der Waals surface area contributed by atoms with Crippen LogP contribution < -0.4 is 5.32 Å². The van der Waals surface area contributed by atoms with Crippen LogP contribution >= 0.6 is 22.9 Å². The molecule has 1 aromatic heterocycles. The van der Waals surface area contributed by atoms with Gasteiger partial charge in [-0.05, 0) is 38.8 Å². The van der Waals surface area contributed by atoms with E-state index in [2.05, 4.69) is 38.2 Å².